The molecule has 0 heterocycles. The third-order valence-corrected chi connectivity index (χ3v) is 4.95. The van der Waals surface area contributed by atoms with Gasteiger partial charge in [0.2, 0.25) is 0 Å². The molecule has 0 aromatic rings. The maximum absolute atomic E-state index is 13.5. The number of esters is 1. The van der Waals surface area contributed by atoms with Gasteiger partial charge in [-0.25, -0.2) is 0 Å². The first-order chi connectivity index (χ1) is 20.0. The van der Waals surface area contributed by atoms with E-state index in [1.54, 1.807) is 0 Å². The Morgan fingerprint density at radius 3 is 1.20 bits per heavy atom. The highest BCUT2D eigenvalue weighted by Crippen LogP contribution is 2.64. The Kier molecular flexibility index (Phi) is 16.3. The van der Waals surface area contributed by atoms with Crippen LogP contribution in [0.1, 0.15) is 19.3 Å². The van der Waals surface area contributed by atoms with Crippen molar-refractivity contribution in [1.29, 1.82) is 0 Å². The minimum atomic E-state index is -8.72. The SMILES string of the molecule is O=C([O-])CCC(=O)OCCC(F)(F)C(F)(F)C(F)(F)C(F)(F)C(F)(F)C(F)(F)C(F)(F)C(F)(F)F.[NH3+]CCOCCOCC[NH3+]. The number of carbonyl (C=O) groups is 2. The van der Waals surface area contributed by atoms with Crippen LogP contribution in [0.15, 0.2) is 0 Å². The third-order valence-electron chi connectivity index (χ3n) is 4.95. The van der Waals surface area contributed by atoms with Gasteiger partial charge in [-0.3, -0.25) is 4.79 Å². The highest BCUT2D eigenvalue weighted by atomic mass is 19.4. The highest BCUT2D eigenvalue weighted by Gasteiger charge is 2.95. The number of carboxylic acid groups (broad SMARTS) is 1. The van der Waals surface area contributed by atoms with Gasteiger partial charge in [0.1, 0.15) is 0 Å². The van der Waals surface area contributed by atoms with E-state index in [1.807, 2.05) is 0 Å². The lowest BCUT2D eigenvalue weighted by Crippen LogP contribution is -2.74. The molecule has 0 aromatic heterocycles. The number of carbonyl (C=O) groups excluding carboxylic acids is 2. The molecule has 270 valence electrons. The maximum atomic E-state index is 13.5. The second kappa shape index (κ2) is 16.4. The predicted molar refractivity (Wildman–Crippen MR) is 108 cm³/mol. The molecule has 8 nitrogen and oxygen atoms in total. The number of rotatable bonds is 19. The van der Waals surface area contributed by atoms with E-state index in [0.29, 0.717) is 13.2 Å². The van der Waals surface area contributed by atoms with E-state index in [4.69, 9.17) is 9.47 Å². The summed E-state index contributed by atoms with van der Waals surface area (Å²) in [7, 11) is 0. The van der Waals surface area contributed by atoms with Crippen LogP contribution in [0.25, 0.3) is 0 Å². The van der Waals surface area contributed by atoms with Crippen LogP contribution in [0.2, 0.25) is 0 Å². The van der Waals surface area contributed by atoms with Crippen LogP contribution in [0.5, 0.6) is 0 Å². The normalized spacial score (nSPS) is 14.1. The molecule has 6 N–H and O–H groups in total. The molecule has 0 amide bonds. The van der Waals surface area contributed by atoms with Crippen LogP contribution in [-0.2, 0) is 23.8 Å². The van der Waals surface area contributed by atoms with E-state index < -0.39 is 85.4 Å². The fourth-order valence-corrected chi connectivity index (χ4v) is 2.45. The summed E-state index contributed by atoms with van der Waals surface area (Å²) in [6.07, 6.45) is -13.1. The topological polar surface area (TPSA) is 140 Å². The Bertz CT molecular complexity index is 924. The Hall–Kier alpha value is -2.41. The van der Waals surface area contributed by atoms with Gasteiger partial charge >= 0.3 is 53.6 Å². The van der Waals surface area contributed by atoms with Crippen molar-refractivity contribution < 1.29 is 115 Å². The Morgan fingerprint density at radius 1 is 0.511 bits per heavy atom. The first kappa shape index (κ1) is 44.7. The molecule has 0 aliphatic carbocycles. The van der Waals surface area contributed by atoms with Crippen molar-refractivity contribution in [2.75, 3.05) is 46.1 Å². The predicted octanol–water partition coefficient (Wildman–Crippen LogP) is 1.96. The van der Waals surface area contributed by atoms with Crippen molar-refractivity contribution in [2.45, 2.75) is 66.9 Å². The molecule has 0 spiro atoms. The van der Waals surface area contributed by atoms with E-state index in [2.05, 4.69) is 16.2 Å². The summed E-state index contributed by atoms with van der Waals surface area (Å²) in [6.45, 7) is 2.34. The molecule has 0 aromatic carbocycles. The number of carboxylic acids is 1. The molecule has 0 aliphatic heterocycles. The summed E-state index contributed by atoms with van der Waals surface area (Å²) in [5.74, 6) is -61.0. The number of quaternary nitrogens is 2. The summed E-state index contributed by atoms with van der Waals surface area (Å²) < 4.78 is 235. The van der Waals surface area contributed by atoms with Gasteiger partial charge in [0.25, 0.3) is 0 Å². The largest absolute Gasteiger partial charge is 0.550 e. The quantitative estimate of drug-likeness (QED) is 0.119. The molecule has 0 saturated heterocycles. The molecule has 0 saturated carbocycles. The number of aliphatic carboxylic acids is 1. The van der Waals surface area contributed by atoms with Crippen molar-refractivity contribution in [2.24, 2.45) is 0 Å². The van der Waals surface area contributed by atoms with Crippen LogP contribution < -0.4 is 16.6 Å². The lowest BCUT2D eigenvalue weighted by atomic mass is 9.88. The third kappa shape index (κ3) is 10.3. The van der Waals surface area contributed by atoms with Crippen molar-refractivity contribution in [3.8, 4) is 0 Å². The summed E-state index contributed by atoms with van der Waals surface area (Å²) >= 11 is 0. The van der Waals surface area contributed by atoms with E-state index in [-0.39, 0.29) is 0 Å². The monoisotopic (exact) mass is 713 g/mol. The van der Waals surface area contributed by atoms with Crippen molar-refractivity contribution in [3.63, 3.8) is 0 Å². The number of alkyl halides is 17. The summed E-state index contributed by atoms with van der Waals surface area (Å²) in [5.41, 5.74) is 7.29. The minimum absolute atomic E-state index is 0.676. The Balaban J connectivity index is 0. The molecule has 0 radical (unpaired) electrons. The lowest BCUT2D eigenvalue weighted by Gasteiger charge is -2.42. The smallest absolute Gasteiger partial charge is 0.460 e. The van der Waals surface area contributed by atoms with Gasteiger partial charge in [-0.15, -0.1) is 0 Å². The molecule has 45 heavy (non-hydrogen) atoms. The second-order valence-corrected chi connectivity index (χ2v) is 8.42. The molecule has 0 atom stereocenters. The van der Waals surface area contributed by atoms with Crippen molar-refractivity contribution in [3.05, 3.63) is 0 Å². The molecular formula is C20H26F17N2O6+. The molecule has 0 fully saturated rings. The van der Waals surface area contributed by atoms with Crippen LogP contribution in [0.4, 0.5) is 74.6 Å². The molecular weight excluding hydrogens is 687 g/mol. The fraction of sp³-hybridized carbons (Fsp3) is 0.900. The van der Waals surface area contributed by atoms with Crippen LogP contribution in [-0.4, -0.2) is 106 Å². The average Bonchev–Trinajstić information content (AvgIpc) is 2.88. The minimum Gasteiger partial charge on any atom is -0.550 e. The van der Waals surface area contributed by atoms with Gasteiger partial charge < -0.3 is 35.6 Å². The van der Waals surface area contributed by atoms with Gasteiger partial charge in [-0.1, -0.05) is 0 Å². The average molecular weight is 713 g/mol. The van der Waals surface area contributed by atoms with Crippen LogP contribution in [0.3, 0.4) is 0 Å². The summed E-state index contributed by atoms with van der Waals surface area (Å²) in [6, 6.07) is 0. The standard InChI is InChI=1S/C14H9F17O4.C6H16N2O2/c15-7(16,3-4-35-6(34)2-1-5(32)33)8(17,18)9(19,20)10(21,22)11(23,24)12(25,26)13(27,28)14(29,30)31;7-1-3-9-5-6-10-4-2-8/h1-4H2,(H,32,33);1-8H2/p+1. The maximum Gasteiger partial charge on any atom is 0.460 e. The Labute approximate surface area is 241 Å². The first-order valence-corrected chi connectivity index (χ1v) is 11.8. The Morgan fingerprint density at radius 2 is 0.867 bits per heavy atom. The zero-order valence-corrected chi connectivity index (χ0v) is 22.4. The molecule has 0 rings (SSSR count). The summed E-state index contributed by atoms with van der Waals surface area (Å²) in [5, 5.41) is 10.0. The zero-order chi connectivity index (χ0) is 36.3. The van der Waals surface area contributed by atoms with E-state index in [0.717, 1.165) is 26.3 Å². The second-order valence-electron chi connectivity index (χ2n) is 8.42. The number of hydrogen-bond acceptors (Lipinski definition) is 6. The van der Waals surface area contributed by atoms with Crippen molar-refractivity contribution in [1.82, 2.24) is 0 Å². The van der Waals surface area contributed by atoms with Crippen LogP contribution >= 0.6 is 0 Å². The lowest BCUT2D eigenvalue weighted by molar-refractivity contribution is -0.461. The zero-order valence-electron chi connectivity index (χ0n) is 22.4. The summed E-state index contributed by atoms with van der Waals surface area (Å²) in [4.78, 5) is 20.9. The fourth-order valence-electron chi connectivity index (χ4n) is 2.45. The molecule has 0 aliphatic rings. The van der Waals surface area contributed by atoms with Gasteiger partial charge in [-0.2, -0.15) is 74.6 Å². The number of halogens is 17. The highest BCUT2D eigenvalue weighted by molar-refractivity contribution is 5.75. The van der Waals surface area contributed by atoms with Crippen molar-refractivity contribution >= 4 is 11.9 Å². The van der Waals surface area contributed by atoms with Gasteiger partial charge in [0, 0.05) is 5.97 Å². The van der Waals surface area contributed by atoms with Gasteiger partial charge in [0.15, 0.2) is 0 Å². The number of ether oxygens (including phenoxy) is 3. The van der Waals surface area contributed by atoms with E-state index in [1.165, 1.54) is 0 Å². The van der Waals surface area contributed by atoms with E-state index >= 15 is 0 Å². The first-order valence-electron chi connectivity index (χ1n) is 11.8. The van der Waals surface area contributed by atoms with Gasteiger partial charge in [0.05, 0.1) is 59.0 Å². The van der Waals surface area contributed by atoms with Gasteiger partial charge in [-0.05, 0) is 6.42 Å². The van der Waals surface area contributed by atoms with Crippen LogP contribution in [0, 0.1) is 0 Å². The number of hydrogen-bond donors (Lipinski definition) is 2. The van der Waals surface area contributed by atoms with E-state index in [9.17, 15) is 89.3 Å². The molecule has 0 bridgehead atoms. The molecule has 0 unspecified atom stereocenters. The molecule has 25 heteroatoms.